The van der Waals surface area contributed by atoms with E-state index in [-0.39, 0.29) is 35.0 Å². The second-order valence-electron chi connectivity index (χ2n) is 11.5. The molecule has 2 amide bonds. The van der Waals surface area contributed by atoms with E-state index in [1.54, 1.807) is 12.1 Å². The second kappa shape index (κ2) is 17.5. The molecule has 11 nitrogen and oxygen atoms in total. The molecule has 14 heteroatoms. The van der Waals surface area contributed by atoms with Gasteiger partial charge in [-0.25, -0.2) is 8.42 Å². The zero-order valence-electron chi connectivity index (χ0n) is 27.8. The summed E-state index contributed by atoms with van der Waals surface area (Å²) >= 11 is 9.77. The van der Waals surface area contributed by atoms with Crippen molar-refractivity contribution >= 4 is 60.7 Å². The van der Waals surface area contributed by atoms with Gasteiger partial charge in [0.2, 0.25) is 11.8 Å². The van der Waals surface area contributed by atoms with Crippen molar-refractivity contribution in [2.45, 2.75) is 50.6 Å². The van der Waals surface area contributed by atoms with Gasteiger partial charge < -0.3 is 15.0 Å². The van der Waals surface area contributed by atoms with E-state index in [9.17, 15) is 28.1 Å². The van der Waals surface area contributed by atoms with E-state index in [1.165, 1.54) is 49.3 Å². The highest BCUT2D eigenvalue weighted by Gasteiger charge is 2.36. The maximum Gasteiger partial charge on any atom is 0.273 e. The normalized spacial score (nSPS) is 11.8. The molecule has 0 aliphatic heterocycles. The van der Waals surface area contributed by atoms with Crippen LogP contribution >= 0.6 is 27.5 Å². The van der Waals surface area contributed by atoms with Crippen molar-refractivity contribution in [3.05, 3.63) is 127 Å². The predicted octanol–water partition coefficient (Wildman–Crippen LogP) is 7.08. The van der Waals surface area contributed by atoms with Crippen molar-refractivity contribution in [2.75, 3.05) is 24.5 Å². The number of aryl methyl sites for hydroxylation is 1. The van der Waals surface area contributed by atoms with Gasteiger partial charge >= 0.3 is 0 Å². The Morgan fingerprint density at radius 1 is 1.00 bits per heavy atom. The summed E-state index contributed by atoms with van der Waals surface area (Å²) < 4.78 is 36.1. The highest BCUT2D eigenvalue weighted by molar-refractivity contribution is 9.10. The maximum absolute atomic E-state index is 14.7. The first-order valence-electron chi connectivity index (χ1n) is 15.8. The largest absolute Gasteiger partial charge is 0.495 e. The number of methoxy groups -OCH3 is 1. The third kappa shape index (κ3) is 9.61. The smallest absolute Gasteiger partial charge is 0.273 e. The molecule has 0 radical (unpaired) electrons. The monoisotopic (exact) mass is 784 g/mol. The molecular weight excluding hydrogens is 748 g/mol. The number of hydrogen-bond acceptors (Lipinski definition) is 7. The number of ether oxygens (including phenoxy) is 1. The topological polar surface area (TPSA) is 139 Å². The molecule has 0 spiro atoms. The molecular formula is C36H38BrClN4O7S. The number of benzene rings is 4. The summed E-state index contributed by atoms with van der Waals surface area (Å²) in [5.74, 6) is -1.01. The number of carbonyl (C=O) groups is 2. The lowest BCUT2D eigenvalue weighted by molar-refractivity contribution is -0.385. The Labute approximate surface area is 305 Å². The Bertz CT molecular complexity index is 1930. The molecule has 0 aliphatic rings. The van der Waals surface area contributed by atoms with E-state index in [4.69, 9.17) is 16.3 Å². The molecule has 0 aromatic heterocycles. The van der Waals surface area contributed by atoms with Crippen LogP contribution in [0.4, 0.5) is 11.4 Å². The van der Waals surface area contributed by atoms with Crippen LogP contribution in [0.1, 0.15) is 36.5 Å². The van der Waals surface area contributed by atoms with Crippen molar-refractivity contribution < 1.29 is 27.7 Å². The standard InChI is InChI=1S/C36H38BrClN4O7S/c1-4-5-19-39-36(44)33(20-26-9-7-6-8-10-26)40(23-27-12-14-28(37)15-13-27)35(43)24-41(32-21-29(38)16-18-34(32)49-3)50(47,48)30-17-11-25(2)31(22-30)42(45)46/h6-18,21-22,33H,4-5,19-20,23-24H2,1-3H3,(H,39,44)/t33-/m0/s1. The lowest BCUT2D eigenvalue weighted by Gasteiger charge is -2.34. The summed E-state index contributed by atoms with van der Waals surface area (Å²) in [5.41, 5.74) is 1.29. The summed E-state index contributed by atoms with van der Waals surface area (Å²) in [6.45, 7) is 3.08. The Hall–Kier alpha value is -4.46. The van der Waals surface area contributed by atoms with Gasteiger partial charge in [0.25, 0.3) is 15.7 Å². The third-order valence-electron chi connectivity index (χ3n) is 8.02. The highest BCUT2D eigenvalue weighted by atomic mass is 79.9. The zero-order valence-corrected chi connectivity index (χ0v) is 31.0. The molecule has 0 fully saturated rings. The van der Waals surface area contributed by atoms with Gasteiger partial charge in [0.1, 0.15) is 18.3 Å². The van der Waals surface area contributed by atoms with Gasteiger partial charge in [-0.2, -0.15) is 0 Å². The van der Waals surface area contributed by atoms with Crippen LogP contribution in [-0.4, -0.2) is 56.3 Å². The van der Waals surface area contributed by atoms with Gasteiger partial charge in [0, 0.05) is 40.6 Å². The van der Waals surface area contributed by atoms with E-state index < -0.39 is 49.9 Å². The quantitative estimate of drug-likeness (QED) is 0.0728. The van der Waals surface area contributed by atoms with Crippen LogP contribution in [0.3, 0.4) is 0 Å². The van der Waals surface area contributed by atoms with Crippen molar-refractivity contribution in [3.8, 4) is 5.75 Å². The molecule has 264 valence electrons. The number of nitro groups is 1. The van der Waals surface area contributed by atoms with E-state index in [0.29, 0.717) is 12.1 Å². The molecule has 4 aromatic rings. The first-order chi connectivity index (χ1) is 23.8. The summed E-state index contributed by atoms with van der Waals surface area (Å²) in [5, 5.41) is 14.9. The Morgan fingerprint density at radius 2 is 1.70 bits per heavy atom. The van der Waals surface area contributed by atoms with Crippen LogP contribution in [0.2, 0.25) is 5.02 Å². The number of nitrogens with one attached hydrogen (secondary N) is 1. The summed E-state index contributed by atoms with van der Waals surface area (Å²) in [7, 11) is -3.33. The highest BCUT2D eigenvalue weighted by Crippen LogP contribution is 2.36. The molecule has 4 aromatic carbocycles. The van der Waals surface area contributed by atoms with E-state index >= 15 is 0 Å². The second-order valence-corrected chi connectivity index (χ2v) is 14.7. The molecule has 0 aliphatic carbocycles. The van der Waals surface area contributed by atoms with Gasteiger partial charge in [0.05, 0.1) is 22.6 Å². The lowest BCUT2D eigenvalue weighted by atomic mass is 10.0. The SMILES string of the molecule is CCCCNC(=O)[C@H](Cc1ccccc1)N(Cc1ccc(Br)cc1)C(=O)CN(c1cc(Cl)ccc1OC)S(=O)(=O)c1ccc(C)c([N+](=O)[O-])c1. The van der Waals surface area contributed by atoms with Crippen LogP contribution in [0, 0.1) is 17.0 Å². The average molecular weight is 786 g/mol. The number of anilines is 1. The average Bonchev–Trinajstić information content (AvgIpc) is 3.09. The fraction of sp³-hybridized carbons (Fsp3) is 0.278. The Balaban J connectivity index is 1.87. The Morgan fingerprint density at radius 3 is 2.34 bits per heavy atom. The minimum atomic E-state index is -4.67. The number of amides is 2. The first-order valence-corrected chi connectivity index (χ1v) is 18.4. The van der Waals surface area contributed by atoms with E-state index in [0.717, 1.165) is 33.2 Å². The van der Waals surface area contributed by atoms with Gasteiger partial charge in [0.15, 0.2) is 0 Å². The molecule has 0 unspecified atom stereocenters. The minimum absolute atomic E-state index is 0.0264. The maximum atomic E-state index is 14.7. The molecule has 0 saturated carbocycles. The number of nitro benzene ring substituents is 1. The molecule has 1 N–H and O–H groups in total. The number of nitrogens with zero attached hydrogens (tertiary/aromatic N) is 3. The van der Waals surface area contributed by atoms with Crippen LogP contribution in [0.25, 0.3) is 0 Å². The molecule has 50 heavy (non-hydrogen) atoms. The van der Waals surface area contributed by atoms with E-state index in [1.807, 2.05) is 49.4 Å². The van der Waals surface area contributed by atoms with Crippen molar-refractivity contribution in [3.63, 3.8) is 0 Å². The first kappa shape index (κ1) is 38.3. The number of hydrogen-bond donors (Lipinski definition) is 1. The number of rotatable bonds is 16. The summed E-state index contributed by atoms with van der Waals surface area (Å²) in [4.78, 5) is 40.7. The van der Waals surface area contributed by atoms with Crippen molar-refractivity contribution in [2.24, 2.45) is 0 Å². The zero-order chi connectivity index (χ0) is 36.4. The number of halogens is 2. The fourth-order valence-electron chi connectivity index (χ4n) is 5.29. The Kier molecular flexibility index (Phi) is 13.4. The number of unbranched alkanes of at least 4 members (excludes halogenated alkanes) is 1. The number of carbonyl (C=O) groups excluding carboxylic acids is 2. The van der Waals surface area contributed by atoms with Crippen molar-refractivity contribution in [1.82, 2.24) is 10.2 Å². The van der Waals surface area contributed by atoms with Crippen LogP contribution in [0.5, 0.6) is 5.75 Å². The lowest BCUT2D eigenvalue weighted by Crippen LogP contribution is -2.53. The number of sulfonamides is 1. The molecule has 4 rings (SSSR count). The predicted molar refractivity (Wildman–Crippen MR) is 197 cm³/mol. The summed E-state index contributed by atoms with van der Waals surface area (Å²) in [6.07, 6.45) is 1.73. The fourth-order valence-corrected chi connectivity index (χ4v) is 7.16. The molecule has 0 saturated heterocycles. The van der Waals surface area contributed by atoms with Gasteiger partial charge in [-0.15, -0.1) is 0 Å². The van der Waals surface area contributed by atoms with Gasteiger partial charge in [-0.05, 0) is 60.9 Å². The van der Waals surface area contributed by atoms with Crippen molar-refractivity contribution in [1.29, 1.82) is 0 Å². The third-order valence-corrected chi connectivity index (χ3v) is 10.5. The van der Waals surface area contributed by atoms with Crippen LogP contribution < -0.4 is 14.4 Å². The molecule has 0 heterocycles. The van der Waals surface area contributed by atoms with Crippen LogP contribution in [0.15, 0.2) is 100 Å². The van der Waals surface area contributed by atoms with E-state index in [2.05, 4.69) is 21.2 Å². The summed E-state index contributed by atoms with van der Waals surface area (Å²) in [6, 6.07) is 23.3. The minimum Gasteiger partial charge on any atom is -0.495 e. The van der Waals surface area contributed by atoms with Crippen LogP contribution in [-0.2, 0) is 32.6 Å². The van der Waals surface area contributed by atoms with Gasteiger partial charge in [-0.3, -0.25) is 24.0 Å². The van der Waals surface area contributed by atoms with Gasteiger partial charge in [-0.1, -0.05) is 89.4 Å². The molecule has 1 atom stereocenters. The molecule has 0 bridgehead atoms.